The molecule has 0 aliphatic rings. The summed E-state index contributed by atoms with van der Waals surface area (Å²) in [5.41, 5.74) is 1.72. The zero-order valence-corrected chi connectivity index (χ0v) is 12.9. The lowest BCUT2D eigenvalue weighted by atomic mass is 10.1. The van der Waals surface area contributed by atoms with E-state index in [9.17, 15) is 10.1 Å². The maximum Gasteiger partial charge on any atom is 0.293 e. The molecule has 0 amide bonds. The monoisotopic (exact) mass is 345 g/mol. The van der Waals surface area contributed by atoms with Crippen molar-refractivity contribution in [2.75, 3.05) is 11.9 Å². The molecule has 21 heavy (non-hydrogen) atoms. The van der Waals surface area contributed by atoms with Crippen LogP contribution in [0.5, 0.6) is 0 Å². The number of anilines is 1. The Labute approximate surface area is 130 Å². The first-order chi connectivity index (χ1) is 10.0. The zero-order chi connectivity index (χ0) is 15.4. The molecule has 2 aromatic rings. The SMILES string of the molecule is CN(Cc1ccccc1Br)c1ccc(C#N)cc1[N+](=O)[O-]. The molecule has 0 saturated heterocycles. The lowest BCUT2D eigenvalue weighted by Gasteiger charge is -2.20. The normalized spacial score (nSPS) is 9.95. The van der Waals surface area contributed by atoms with Crippen LogP contribution in [0.1, 0.15) is 11.1 Å². The highest BCUT2D eigenvalue weighted by molar-refractivity contribution is 9.10. The highest BCUT2D eigenvalue weighted by Crippen LogP contribution is 2.30. The van der Waals surface area contributed by atoms with Gasteiger partial charge in [-0.1, -0.05) is 34.1 Å². The predicted molar refractivity (Wildman–Crippen MR) is 84.1 cm³/mol. The minimum absolute atomic E-state index is 0.0661. The number of hydrogen-bond donors (Lipinski definition) is 0. The van der Waals surface area contributed by atoms with Crippen molar-refractivity contribution in [3.05, 3.63) is 68.2 Å². The van der Waals surface area contributed by atoms with Crippen molar-refractivity contribution in [2.45, 2.75) is 6.54 Å². The summed E-state index contributed by atoms with van der Waals surface area (Å²) in [5.74, 6) is 0. The second kappa shape index (κ2) is 6.37. The molecule has 0 unspecified atom stereocenters. The van der Waals surface area contributed by atoms with Gasteiger partial charge in [-0.2, -0.15) is 5.26 Å². The van der Waals surface area contributed by atoms with E-state index in [-0.39, 0.29) is 11.3 Å². The van der Waals surface area contributed by atoms with Gasteiger partial charge in [0.05, 0.1) is 16.6 Å². The van der Waals surface area contributed by atoms with Crippen molar-refractivity contribution in [3.63, 3.8) is 0 Å². The van der Waals surface area contributed by atoms with Crippen LogP contribution >= 0.6 is 15.9 Å². The van der Waals surface area contributed by atoms with Gasteiger partial charge in [-0.15, -0.1) is 0 Å². The van der Waals surface area contributed by atoms with Crippen LogP contribution in [0.25, 0.3) is 0 Å². The van der Waals surface area contributed by atoms with Crippen LogP contribution in [0.3, 0.4) is 0 Å². The summed E-state index contributed by atoms with van der Waals surface area (Å²) in [7, 11) is 1.79. The summed E-state index contributed by atoms with van der Waals surface area (Å²) < 4.78 is 0.952. The Morgan fingerprint density at radius 2 is 2.05 bits per heavy atom. The topological polar surface area (TPSA) is 70.2 Å². The zero-order valence-electron chi connectivity index (χ0n) is 11.3. The second-order valence-corrected chi connectivity index (χ2v) is 5.37. The largest absolute Gasteiger partial charge is 0.365 e. The number of benzene rings is 2. The molecule has 6 heteroatoms. The van der Waals surface area contributed by atoms with Crippen molar-refractivity contribution in [2.24, 2.45) is 0 Å². The Morgan fingerprint density at radius 1 is 1.33 bits per heavy atom. The Kier molecular flexibility index (Phi) is 4.55. The van der Waals surface area contributed by atoms with Crippen molar-refractivity contribution in [3.8, 4) is 6.07 Å². The molecule has 0 saturated carbocycles. The van der Waals surface area contributed by atoms with Crippen LogP contribution in [0.4, 0.5) is 11.4 Å². The number of rotatable bonds is 4. The number of nitrogens with zero attached hydrogens (tertiary/aromatic N) is 3. The van der Waals surface area contributed by atoms with Gasteiger partial charge in [0, 0.05) is 24.1 Å². The van der Waals surface area contributed by atoms with Gasteiger partial charge in [-0.25, -0.2) is 0 Å². The molecule has 2 rings (SSSR count). The van der Waals surface area contributed by atoms with Crippen LogP contribution in [0.2, 0.25) is 0 Å². The average Bonchev–Trinajstić information content (AvgIpc) is 2.48. The van der Waals surface area contributed by atoms with Crippen molar-refractivity contribution >= 4 is 27.3 Å². The van der Waals surface area contributed by atoms with Crippen molar-refractivity contribution < 1.29 is 4.92 Å². The maximum absolute atomic E-state index is 11.2. The molecular formula is C15H12BrN3O2. The predicted octanol–water partition coefficient (Wildman–Crippen LogP) is 3.87. The van der Waals surface area contributed by atoms with Crippen molar-refractivity contribution in [1.29, 1.82) is 5.26 Å². The summed E-state index contributed by atoms with van der Waals surface area (Å²) in [4.78, 5) is 12.5. The summed E-state index contributed by atoms with van der Waals surface area (Å²) in [6, 6.07) is 14.1. The first-order valence-electron chi connectivity index (χ1n) is 6.16. The lowest BCUT2D eigenvalue weighted by Crippen LogP contribution is -2.18. The molecule has 2 aromatic carbocycles. The molecule has 5 nitrogen and oxygen atoms in total. The van der Waals surface area contributed by atoms with Gasteiger partial charge in [0.15, 0.2) is 0 Å². The Bertz CT molecular complexity index is 725. The van der Waals surface area contributed by atoms with Crippen LogP contribution in [-0.4, -0.2) is 12.0 Å². The standard InChI is InChI=1S/C15H12BrN3O2/c1-18(10-12-4-2-3-5-13(12)16)14-7-6-11(9-17)8-15(14)19(20)21/h2-8H,10H2,1H3. The molecule has 0 bridgehead atoms. The first kappa shape index (κ1) is 15.0. The van der Waals surface area contributed by atoms with E-state index in [4.69, 9.17) is 5.26 Å². The van der Waals surface area contributed by atoms with Crippen LogP contribution in [0.15, 0.2) is 46.9 Å². The molecule has 0 aliphatic heterocycles. The van der Waals surface area contributed by atoms with E-state index < -0.39 is 4.92 Å². The molecule has 0 heterocycles. The van der Waals surface area contributed by atoms with Gasteiger partial charge in [0.25, 0.3) is 5.69 Å². The van der Waals surface area contributed by atoms with E-state index in [1.54, 1.807) is 24.1 Å². The van der Waals surface area contributed by atoms with Gasteiger partial charge in [-0.05, 0) is 23.8 Å². The van der Waals surface area contributed by atoms with Gasteiger partial charge in [0.1, 0.15) is 5.69 Å². The number of nitro benzene ring substituents is 1. The van der Waals surface area contributed by atoms with E-state index >= 15 is 0 Å². The smallest absolute Gasteiger partial charge is 0.293 e. The van der Waals surface area contributed by atoms with Crippen LogP contribution in [0, 0.1) is 21.4 Å². The minimum Gasteiger partial charge on any atom is -0.365 e. The fraction of sp³-hybridized carbons (Fsp3) is 0.133. The number of nitriles is 1. The third-order valence-corrected chi connectivity index (χ3v) is 3.85. The van der Waals surface area contributed by atoms with E-state index in [0.717, 1.165) is 10.0 Å². The minimum atomic E-state index is -0.466. The summed E-state index contributed by atoms with van der Waals surface area (Å²) in [6.45, 7) is 0.522. The Morgan fingerprint density at radius 3 is 2.67 bits per heavy atom. The first-order valence-corrected chi connectivity index (χ1v) is 6.95. The van der Waals surface area contributed by atoms with Crippen LogP contribution < -0.4 is 4.90 Å². The molecule has 0 atom stereocenters. The van der Waals surface area contributed by atoms with Gasteiger partial charge >= 0.3 is 0 Å². The molecule has 0 N–H and O–H groups in total. The third kappa shape index (κ3) is 3.38. The number of halogens is 1. The Balaban J connectivity index is 2.35. The number of nitro groups is 1. The summed E-state index contributed by atoms with van der Waals surface area (Å²) >= 11 is 3.46. The molecule has 0 aliphatic carbocycles. The van der Waals surface area contributed by atoms with Crippen molar-refractivity contribution in [1.82, 2.24) is 0 Å². The highest BCUT2D eigenvalue weighted by atomic mass is 79.9. The van der Waals surface area contributed by atoms with Crippen LogP contribution in [-0.2, 0) is 6.54 Å². The molecule has 106 valence electrons. The number of hydrogen-bond acceptors (Lipinski definition) is 4. The van der Waals surface area contributed by atoms with Gasteiger partial charge in [0.2, 0.25) is 0 Å². The van der Waals surface area contributed by atoms with E-state index in [0.29, 0.717) is 12.2 Å². The molecular weight excluding hydrogens is 334 g/mol. The summed E-state index contributed by atoms with van der Waals surface area (Å²) in [6.07, 6.45) is 0. The third-order valence-electron chi connectivity index (χ3n) is 3.08. The quantitative estimate of drug-likeness (QED) is 0.623. The highest BCUT2D eigenvalue weighted by Gasteiger charge is 2.18. The molecule has 0 spiro atoms. The molecule has 0 fully saturated rings. The average molecular weight is 346 g/mol. The van der Waals surface area contributed by atoms with Gasteiger partial charge in [-0.3, -0.25) is 10.1 Å². The van der Waals surface area contributed by atoms with E-state index in [1.807, 2.05) is 30.3 Å². The van der Waals surface area contributed by atoms with E-state index in [2.05, 4.69) is 15.9 Å². The lowest BCUT2D eigenvalue weighted by molar-refractivity contribution is -0.384. The second-order valence-electron chi connectivity index (χ2n) is 4.52. The van der Waals surface area contributed by atoms with E-state index in [1.165, 1.54) is 6.07 Å². The fourth-order valence-corrected chi connectivity index (χ4v) is 2.44. The fourth-order valence-electron chi connectivity index (χ4n) is 2.03. The van der Waals surface area contributed by atoms with Gasteiger partial charge < -0.3 is 4.90 Å². The molecule has 0 aromatic heterocycles. The Hall–Kier alpha value is -2.39. The maximum atomic E-state index is 11.2. The summed E-state index contributed by atoms with van der Waals surface area (Å²) in [5, 5.41) is 20.0. The molecule has 0 radical (unpaired) electrons.